The van der Waals surface area contributed by atoms with Gasteiger partial charge in [-0.15, -0.1) is 0 Å². The summed E-state index contributed by atoms with van der Waals surface area (Å²) in [5, 5.41) is 52.7. The van der Waals surface area contributed by atoms with E-state index in [4.69, 9.17) is 9.47 Å². The van der Waals surface area contributed by atoms with E-state index in [2.05, 4.69) is 0 Å². The Balaban J connectivity index is 2.09. The fourth-order valence-electron chi connectivity index (χ4n) is 4.07. The first-order valence-corrected chi connectivity index (χ1v) is 9.94. The van der Waals surface area contributed by atoms with Crippen LogP contribution in [0.3, 0.4) is 0 Å². The number of benzene rings is 2. The SMILES string of the molecule is COc1ccc(Cc2c(C)cc(C)cc2[C@@]2(O)O[C@H]([C@H](C)O)[C@@H](O)[C@H](O)[C@H]2O)cc1. The molecule has 2 aromatic rings. The second-order valence-electron chi connectivity index (χ2n) is 8.08. The highest BCUT2D eigenvalue weighted by Gasteiger charge is 2.55. The molecule has 1 heterocycles. The van der Waals surface area contributed by atoms with Crippen LogP contribution in [0.1, 0.15) is 34.7 Å². The normalized spacial score (nSPS) is 30.2. The molecular formula is C23H30O7. The first-order valence-electron chi connectivity index (χ1n) is 9.94. The third kappa shape index (κ3) is 4.09. The van der Waals surface area contributed by atoms with Crippen LogP contribution in [0, 0.1) is 13.8 Å². The van der Waals surface area contributed by atoms with Gasteiger partial charge in [-0.3, -0.25) is 0 Å². The second kappa shape index (κ2) is 8.63. The third-order valence-corrected chi connectivity index (χ3v) is 5.75. The Hall–Kier alpha value is -2.00. The second-order valence-corrected chi connectivity index (χ2v) is 8.08. The molecule has 0 bridgehead atoms. The number of aliphatic hydroxyl groups is 5. The summed E-state index contributed by atoms with van der Waals surface area (Å²) in [5.41, 5.74) is 3.67. The van der Waals surface area contributed by atoms with Crippen molar-refractivity contribution in [1.29, 1.82) is 0 Å². The maximum Gasteiger partial charge on any atom is 0.222 e. The minimum absolute atomic E-state index is 0.292. The van der Waals surface area contributed by atoms with Crippen LogP contribution in [0.25, 0.3) is 0 Å². The summed E-state index contributed by atoms with van der Waals surface area (Å²) in [6.07, 6.45) is -7.07. The van der Waals surface area contributed by atoms with E-state index in [1.807, 2.05) is 44.2 Å². The predicted octanol–water partition coefficient (Wildman–Crippen LogP) is 0.910. The van der Waals surface area contributed by atoms with Crippen LogP contribution in [-0.4, -0.2) is 63.2 Å². The van der Waals surface area contributed by atoms with Crippen molar-refractivity contribution >= 4 is 0 Å². The van der Waals surface area contributed by atoms with E-state index in [1.54, 1.807) is 13.2 Å². The Labute approximate surface area is 176 Å². The Bertz CT molecular complexity index is 880. The van der Waals surface area contributed by atoms with Crippen molar-refractivity contribution < 1.29 is 35.0 Å². The van der Waals surface area contributed by atoms with Gasteiger partial charge in [-0.1, -0.05) is 29.8 Å². The van der Waals surface area contributed by atoms with Crippen LogP contribution >= 0.6 is 0 Å². The Morgan fingerprint density at radius 1 is 1.07 bits per heavy atom. The Kier molecular flexibility index (Phi) is 6.52. The summed E-state index contributed by atoms with van der Waals surface area (Å²) < 4.78 is 10.9. The van der Waals surface area contributed by atoms with Crippen molar-refractivity contribution in [3.05, 3.63) is 64.2 Å². The van der Waals surface area contributed by atoms with Crippen LogP contribution in [0.4, 0.5) is 0 Å². The lowest BCUT2D eigenvalue weighted by Gasteiger charge is -2.47. The molecule has 6 atom stereocenters. The Morgan fingerprint density at radius 3 is 2.27 bits per heavy atom. The number of hydrogen-bond donors (Lipinski definition) is 5. The highest BCUT2D eigenvalue weighted by molar-refractivity contribution is 5.45. The number of aliphatic hydroxyl groups excluding tert-OH is 4. The number of methoxy groups -OCH3 is 1. The van der Waals surface area contributed by atoms with Gasteiger partial charge in [-0.2, -0.15) is 0 Å². The molecule has 7 heteroatoms. The molecule has 3 rings (SSSR count). The highest BCUT2D eigenvalue weighted by Crippen LogP contribution is 2.40. The lowest BCUT2D eigenvalue weighted by Crippen LogP contribution is -2.65. The van der Waals surface area contributed by atoms with Crippen molar-refractivity contribution in [2.75, 3.05) is 7.11 Å². The van der Waals surface area contributed by atoms with Gasteiger partial charge in [0.25, 0.3) is 0 Å². The van der Waals surface area contributed by atoms with E-state index in [9.17, 15) is 25.5 Å². The van der Waals surface area contributed by atoms with E-state index in [0.29, 0.717) is 12.0 Å². The van der Waals surface area contributed by atoms with Gasteiger partial charge >= 0.3 is 0 Å². The summed E-state index contributed by atoms with van der Waals surface area (Å²) in [7, 11) is 1.59. The van der Waals surface area contributed by atoms with Gasteiger partial charge in [-0.25, -0.2) is 0 Å². The van der Waals surface area contributed by atoms with Crippen molar-refractivity contribution in [3.8, 4) is 5.75 Å². The molecule has 1 aliphatic rings. The fraction of sp³-hybridized carbons (Fsp3) is 0.478. The molecular weight excluding hydrogens is 388 g/mol. The van der Waals surface area contributed by atoms with Gasteiger partial charge < -0.3 is 35.0 Å². The zero-order valence-corrected chi connectivity index (χ0v) is 17.6. The summed E-state index contributed by atoms with van der Waals surface area (Å²) >= 11 is 0. The highest BCUT2D eigenvalue weighted by atomic mass is 16.7. The molecule has 0 aromatic heterocycles. The van der Waals surface area contributed by atoms with Crippen molar-refractivity contribution in [2.24, 2.45) is 0 Å². The summed E-state index contributed by atoms with van der Waals surface area (Å²) in [5.74, 6) is -1.58. The first-order chi connectivity index (χ1) is 14.1. The molecule has 1 saturated heterocycles. The van der Waals surface area contributed by atoms with E-state index in [-0.39, 0.29) is 0 Å². The predicted molar refractivity (Wildman–Crippen MR) is 110 cm³/mol. The molecule has 7 nitrogen and oxygen atoms in total. The minimum Gasteiger partial charge on any atom is -0.497 e. The fourth-order valence-corrected chi connectivity index (χ4v) is 4.07. The summed E-state index contributed by atoms with van der Waals surface area (Å²) in [4.78, 5) is 0. The van der Waals surface area contributed by atoms with Crippen LogP contribution < -0.4 is 4.74 Å². The number of aryl methyl sites for hydroxylation is 2. The zero-order chi connectivity index (χ0) is 22.2. The standard InChI is InChI=1S/C23H30O7/c1-12-9-13(2)17(11-15-5-7-16(29-4)8-6-15)18(10-12)23(28)22(27)20(26)19(25)21(30-23)14(3)24/h5-10,14,19-22,24-28H,11H2,1-4H3/t14-,19-,20-,21+,22+,23+/m0/s1. The molecule has 1 fully saturated rings. The number of ether oxygens (including phenoxy) is 2. The van der Waals surface area contributed by atoms with Gasteiger partial charge in [0.05, 0.1) is 13.2 Å². The average molecular weight is 418 g/mol. The van der Waals surface area contributed by atoms with Gasteiger partial charge in [-0.05, 0) is 56.0 Å². The van der Waals surface area contributed by atoms with Crippen molar-refractivity contribution in [1.82, 2.24) is 0 Å². The Morgan fingerprint density at radius 2 is 1.70 bits per heavy atom. The van der Waals surface area contributed by atoms with Crippen LogP contribution in [0.2, 0.25) is 0 Å². The summed E-state index contributed by atoms with van der Waals surface area (Å²) in [6, 6.07) is 11.1. The largest absolute Gasteiger partial charge is 0.497 e. The van der Waals surface area contributed by atoms with E-state index >= 15 is 0 Å². The molecule has 1 aliphatic heterocycles. The lowest BCUT2D eigenvalue weighted by atomic mass is 9.82. The molecule has 0 saturated carbocycles. The smallest absolute Gasteiger partial charge is 0.222 e. The minimum atomic E-state index is -2.31. The molecule has 2 aromatic carbocycles. The van der Waals surface area contributed by atoms with Crippen LogP contribution in [0.15, 0.2) is 36.4 Å². The van der Waals surface area contributed by atoms with Crippen molar-refractivity contribution in [3.63, 3.8) is 0 Å². The number of hydrogen-bond acceptors (Lipinski definition) is 7. The monoisotopic (exact) mass is 418 g/mol. The maximum atomic E-state index is 11.4. The van der Waals surface area contributed by atoms with Crippen LogP contribution in [0.5, 0.6) is 5.75 Å². The molecule has 0 amide bonds. The molecule has 0 aliphatic carbocycles. The topological polar surface area (TPSA) is 120 Å². The van der Waals surface area contributed by atoms with Crippen molar-refractivity contribution in [2.45, 2.75) is 63.5 Å². The first kappa shape index (κ1) is 22.7. The maximum absolute atomic E-state index is 11.4. The van der Waals surface area contributed by atoms with Gasteiger partial charge in [0.15, 0.2) is 0 Å². The van der Waals surface area contributed by atoms with E-state index in [1.165, 1.54) is 6.92 Å². The van der Waals surface area contributed by atoms with Gasteiger partial charge in [0.2, 0.25) is 5.79 Å². The molecule has 0 spiro atoms. The third-order valence-electron chi connectivity index (χ3n) is 5.75. The average Bonchev–Trinajstić information content (AvgIpc) is 2.71. The molecule has 0 radical (unpaired) electrons. The van der Waals surface area contributed by atoms with E-state index in [0.717, 1.165) is 28.0 Å². The van der Waals surface area contributed by atoms with Crippen LogP contribution in [-0.2, 0) is 16.9 Å². The van der Waals surface area contributed by atoms with E-state index < -0.39 is 36.3 Å². The molecule has 5 N–H and O–H groups in total. The number of rotatable bonds is 5. The summed E-state index contributed by atoms with van der Waals surface area (Å²) in [6.45, 7) is 5.13. The zero-order valence-electron chi connectivity index (χ0n) is 17.6. The molecule has 164 valence electrons. The quantitative estimate of drug-likeness (QED) is 0.490. The molecule has 0 unspecified atom stereocenters. The molecule has 30 heavy (non-hydrogen) atoms. The van der Waals surface area contributed by atoms with Gasteiger partial charge in [0, 0.05) is 5.56 Å². The van der Waals surface area contributed by atoms with Gasteiger partial charge in [0.1, 0.15) is 30.2 Å². The lowest BCUT2D eigenvalue weighted by molar-refractivity contribution is -0.364.